The minimum absolute atomic E-state index is 0.218. The number of aliphatic hydroxyl groups is 4. The highest BCUT2D eigenvalue weighted by molar-refractivity contribution is 5.84. The Morgan fingerprint density at radius 1 is 0.897 bits per heavy atom. The van der Waals surface area contributed by atoms with Gasteiger partial charge in [-0.2, -0.15) is 0 Å². The van der Waals surface area contributed by atoms with E-state index in [1.54, 1.807) is 0 Å². The highest BCUT2D eigenvalue weighted by Gasteiger charge is 2.43. The highest BCUT2D eigenvalue weighted by Crippen LogP contribution is 2.40. The van der Waals surface area contributed by atoms with Gasteiger partial charge in [-0.1, -0.05) is 49.4 Å². The maximum absolute atomic E-state index is 10.7. The number of fused-ring (bicyclic) bond motifs is 1. The smallest absolute Gasteiger partial charge is 0.107 e. The van der Waals surface area contributed by atoms with Gasteiger partial charge in [0.15, 0.2) is 0 Å². The fourth-order valence-electron chi connectivity index (χ4n) is 4.60. The van der Waals surface area contributed by atoms with Gasteiger partial charge in [-0.05, 0) is 35.6 Å². The van der Waals surface area contributed by atoms with Crippen molar-refractivity contribution in [2.24, 2.45) is 5.92 Å². The van der Waals surface area contributed by atoms with E-state index in [0.717, 1.165) is 22.9 Å². The molecule has 0 spiro atoms. The molecular weight excluding hydrogens is 366 g/mol. The average molecular weight is 395 g/mol. The predicted octanol–water partition coefficient (Wildman–Crippen LogP) is 2.43. The van der Waals surface area contributed by atoms with Crippen molar-refractivity contribution < 1.29 is 20.4 Å². The second-order valence-electron chi connectivity index (χ2n) is 8.16. The topological polar surface area (TPSA) is 85.9 Å². The summed E-state index contributed by atoms with van der Waals surface area (Å²) in [6, 6.07) is 16.6. The van der Waals surface area contributed by atoms with Crippen molar-refractivity contribution in [3.8, 4) is 0 Å². The van der Waals surface area contributed by atoms with Crippen LogP contribution in [0, 0.1) is 5.92 Å². The van der Waals surface area contributed by atoms with E-state index >= 15 is 0 Å². The van der Waals surface area contributed by atoms with E-state index in [0.29, 0.717) is 13.0 Å². The molecule has 3 aromatic rings. The van der Waals surface area contributed by atoms with Crippen molar-refractivity contribution in [1.82, 2.24) is 4.57 Å². The zero-order valence-corrected chi connectivity index (χ0v) is 16.6. The molecule has 0 radical (unpaired) electrons. The molecule has 5 atom stereocenters. The monoisotopic (exact) mass is 395 g/mol. The van der Waals surface area contributed by atoms with Crippen LogP contribution in [0.15, 0.2) is 54.7 Å². The number of para-hydroxylation sites is 1. The Bertz CT molecular complexity index is 963. The summed E-state index contributed by atoms with van der Waals surface area (Å²) in [5, 5.41) is 41.8. The van der Waals surface area contributed by atoms with Crippen molar-refractivity contribution in [2.75, 3.05) is 6.61 Å². The summed E-state index contributed by atoms with van der Waals surface area (Å²) in [6.07, 6.45) is 0.0267. The summed E-state index contributed by atoms with van der Waals surface area (Å²) in [5.74, 6) is -0.804. The van der Waals surface area contributed by atoms with Crippen LogP contribution in [-0.4, -0.2) is 49.9 Å². The van der Waals surface area contributed by atoms with E-state index in [-0.39, 0.29) is 12.5 Å². The first kappa shape index (κ1) is 20.1. The van der Waals surface area contributed by atoms with Crippen LogP contribution in [0.25, 0.3) is 10.9 Å². The number of aromatic nitrogens is 1. The lowest BCUT2D eigenvalue weighted by Gasteiger charge is -2.40. The summed E-state index contributed by atoms with van der Waals surface area (Å²) in [6.45, 7) is 2.63. The molecule has 0 amide bonds. The van der Waals surface area contributed by atoms with Crippen molar-refractivity contribution in [3.05, 3.63) is 71.4 Å². The minimum Gasteiger partial charge on any atom is -0.396 e. The fourth-order valence-corrected chi connectivity index (χ4v) is 4.60. The largest absolute Gasteiger partial charge is 0.396 e. The molecule has 2 aromatic carbocycles. The van der Waals surface area contributed by atoms with Crippen molar-refractivity contribution in [2.45, 2.75) is 50.5 Å². The minimum atomic E-state index is -1.27. The Kier molecular flexibility index (Phi) is 5.74. The zero-order valence-electron chi connectivity index (χ0n) is 16.6. The van der Waals surface area contributed by atoms with Crippen LogP contribution in [0.2, 0.25) is 0 Å². The first-order valence-electron chi connectivity index (χ1n) is 10.3. The lowest BCUT2D eigenvalue weighted by molar-refractivity contribution is -0.127. The summed E-state index contributed by atoms with van der Waals surface area (Å²) in [5.41, 5.74) is 4.51. The summed E-state index contributed by atoms with van der Waals surface area (Å²) in [4.78, 5) is 0. The van der Waals surface area contributed by atoms with E-state index < -0.39 is 24.2 Å². The van der Waals surface area contributed by atoms with Crippen molar-refractivity contribution >= 4 is 10.9 Å². The van der Waals surface area contributed by atoms with Crippen LogP contribution in [0.3, 0.4) is 0 Å². The Hall–Kier alpha value is -2.18. The van der Waals surface area contributed by atoms with Crippen LogP contribution in [0.1, 0.15) is 36.0 Å². The van der Waals surface area contributed by atoms with Gasteiger partial charge in [-0.25, -0.2) is 0 Å². The number of benzene rings is 2. The van der Waals surface area contributed by atoms with Crippen LogP contribution in [0.4, 0.5) is 0 Å². The second kappa shape index (κ2) is 8.28. The maximum atomic E-state index is 10.7. The van der Waals surface area contributed by atoms with Crippen LogP contribution < -0.4 is 0 Å². The van der Waals surface area contributed by atoms with Crippen LogP contribution >= 0.6 is 0 Å². The number of nitrogens with zero attached hydrogens (tertiary/aromatic N) is 1. The molecule has 4 N–H and O–H groups in total. The zero-order chi connectivity index (χ0) is 20.5. The highest BCUT2D eigenvalue weighted by atomic mass is 16.4. The number of rotatable bonds is 5. The molecule has 0 saturated heterocycles. The second-order valence-corrected chi connectivity index (χ2v) is 8.16. The molecule has 154 valence electrons. The quantitative estimate of drug-likeness (QED) is 0.535. The summed E-state index contributed by atoms with van der Waals surface area (Å²) in [7, 11) is 0. The number of aliphatic hydroxyl groups excluding tert-OH is 4. The number of aryl methyl sites for hydroxylation is 1. The third-order valence-corrected chi connectivity index (χ3v) is 6.39. The maximum Gasteiger partial charge on any atom is 0.107 e. The summed E-state index contributed by atoms with van der Waals surface area (Å²) >= 11 is 0. The first-order valence-corrected chi connectivity index (χ1v) is 10.3. The third kappa shape index (κ3) is 3.71. The van der Waals surface area contributed by atoms with Crippen LogP contribution in [-0.2, 0) is 13.0 Å². The molecular formula is C24H29NO4. The van der Waals surface area contributed by atoms with E-state index in [9.17, 15) is 20.4 Å². The van der Waals surface area contributed by atoms with E-state index in [4.69, 9.17) is 0 Å². The van der Waals surface area contributed by atoms with Gasteiger partial charge in [0.05, 0.1) is 12.2 Å². The molecule has 29 heavy (non-hydrogen) atoms. The standard InChI is InChI=1S/C24H29NO4/c1-2-15-7-9-16(10-8-15)12-25-13-20(18-5-3-4-6-21(18)25)19-11-17(14-26)22(27)24(29)23(19)28/h3-10,13,17,19,22-24,26-29H,2,11-12,14H2,1H3. The van der Waals surface area contributed by atoms with Gasteiger partial charge in [0, 0.05) is 42.1 Å². The van der Waals surface area contributed by atoms with Crippen molar-refractivity contribution in [1.29, 1.82) is 0 Å². The van der Waals surface area contributed by atoms with Gasteiger partial charge in [-0.3, -0.25) is 0 Å². The van der Waals surface area contributed by atoms with Gasteiger partial charge in [-0.15, -0.1) is 0 Å². The Balaban J connectivity index is 1.72. The van der Waals surface area contributed by atoms with Gasteiger partial charge < -0.3 is 25.0 Å². The Morgan fingerprint density at radius 3 is 2.28 bits per heavy atom. The molecule has 1 fully saturated rings. The molecule has 5 unspecified atom stereocenters. The summed E-state index contributed by atoms with van der Waals surface area (Å²) < 4.78 is 2.17. The lowest BCUT2D eigenvalue weighted by atomic mass is 9.73. The molecule has 1 saturated carbocycles. The molecule has 5 nitrogen and oxygen atoms in total. The van der Waals surface area contributed by atoms with Gasteiger partial charge in [0.1, 0.15) is 6.10 Å². The molecule has 4 rings (SSSR count). The first-order chi connectivity index (χ1) is 14.0. The van der Waals surface area contributed by atoms with Crippen LogP contribution in [0.5, 0.6) is 0 Å². The SMILES string of the molecule is CCc1ccc(Cn2cc(C3CC(CO)C(O)C(O)C3O)c3ccccc32)cc1. The molecule has 5 heteroatoms. The van der Waals surface area contributed by atoms with Gasteiger partial charge in [0.2, 0.25) is 0 Å². The van der Waals surface area contributed by atoms with E-state index in [1.165, 1.54) is 11.1 Å². The van der Waals surface area contributed by atoms with Crippen molar-refractivity contribution in [3.63, 3.8) is 0 Å². The molecule has 0 bridgehead atoms. The van der Waals surface area contributed by atoms with E-state index in [2.05, 4.69) is 41.8 Å². The third-order valence-electron chi connectivity index (χ3n) is 6.39. The predicted molar refractivity (Wildman–Crippen MR) is 113 cm³/mol. The Labute approximate surface area is 170 Å². The fraction of sp³-hybridized carbons (Fsp3) is 0.417. The molecule has 0 aliphatic heterocycles. The van der Waals surface area contributed by atoms with Gasteiger partial charge in [0.25, 0.3) is 0 Å². The van der Waals surface area contributed by atoms with Gasteiger partial charge >= 0.3 is 0 Å². The van der Waals surface area contributed by atoms with E-state index in [1.807, 2.05) is 24.4 Å². The number of hydrogen-bond acceptors (Lipinski definition) is 4. The molecule has 1 aliphatic carbocycles. The number of hydrogen-bond donors (Lipinski definition) is 4. The molecule has 1 heterocycles. The molecule has 1 aliphatic rings. The Morgan fingerprint density at radius 2 is 1.59 bits per heavy atom. The average Bonchev–Trinajstić information content (AvgIpc) is 3.11. The normalized spacial score (nSPS) is 27.4. The lowest BCUT2D eigenvalue weighted by Crippen LogP contribution is -2.51. The molecule has 1 aromatic heterocycles.